The van der Waals surface area contributed by atoms with Gasteiger partial charge in [-0.25, -0.2) is 14.8 Å². The van der Waals surface area contributed by atoms with E-state index in [1.165, 1.54) is 12.4 Å². The first-order valence-corrected chi connectivity index (χ1v) is 17.4. The number of halogens is 6. The first-order valence-electron chi connectivity index (χ1n) is 17.4. The average Bonchev–Trinajstić information content (AvgIpc) is 3.10. The maximum Gasteiger partial charge on any atom is 0.416 e. The van der Waals surface area contributed by atoms with Crippen molar-refractivity contribution in [3.05, 3.63) is 76.6 Å². The van der Waals surface area contributed by atoms with Crippen molar-refractivity contribution in [3.8, 4) is 5.75 Å². The number of ether oxygens (including phenoxy) is 2. The molecule has 1 N–H and O–H groups in total. The fourth-order valence-corrected chi connectivity index (χ4v) is 6.92. The van der Waals surface area contributed by atoms with Gasteiger partial charge >= 0.3 is 24.4 Å². The maximum atomic E-state index is 13.9. The Kier molecular flexibility index (Phi) is 12.2. The van der Waals surface area contributed by atoms with Gasteiger partial charge in [0.15, 0.2) is 5.75 Å². The number of carboxylic acids is 1. The van der Waals surface area contributed by atoms with E-state index in [0.717, 1.165) is 37.7 Å². The molecule has 0 radical (unpaired) electrons. The summed E-state index contributed by atoms with van der Waals surface area (Å²) in [5.74, 6) is -0.507. The number of benzene rings is 2. The number of carbonyl (C=O) groups is 2. The minimum Gasteiger partial charge on any atom is -0.490 e. The third kappa shape index (κ3) is 9.65. The lowest BCUT2D eigenvalue weighted by Crippen LogP contribution is -2.48. The molecule has 0 saturated heterocycles. The molecule has 2 atom stereocenters. The van der Waals surface area contributed by atoms with Crippen LogP contribution in [-0.2, 0) is 28.4 Å². The molecule has 282 valence electrons. The first-order chi connectivity index (χ1) is 24.6. The van der Waals surface area contributed by atoms with Crippen molar-refractivity contribution in [2.75, 3.05) is 23.0 Å². The molecule has 1 fully saturated rings. The standard InChI is InChI=1S/C37H42F6N4O5/c1-3-28-18-32(30-14-23(2)11-12-31(30)47(28)35(50)52-22-24-8-5-4-6-9-24)46(34-44-19-29(20-45-34)51-13-7-10-33(48)49)21-25-15-26(36(38,39)40)17-27(16-25)37(41,42)43/h11-12,14-17,19-20,24,28,32H,3-10,13,18,21-22H2,1-2H3,(H,48,49)/t28-,32+/m1/s1. The van der Waals surface area contributed by atoms with Crippen molar-refractivity contribution in [3.63, 3.8) is 0 Å². The Balaban J connectivity index is 1.55. The summed E-state index contributed by atoms with van der Waals surface area (Å²) in [6.45, 7) is 3.64. The molecule has 3 aromatic rings. The van der Waals surface area contributed by atoms with Gasteiger partial charge in [-0.1, -0.05) is 43.9 Å². The smallest absolute Gasteiger partial charge is 0.416 e. The van der Waals surface area contributed by atoms with Crippen molar-refractivity contribution in [1.29, 1.82) is 0 Å². The van der Waals surface area contributed by atoms with Crippen LogP contribution in [0.25, 0.3) is 0 Å². The highest BCUT2D eigenvalue weighted by Gasteiger charge is 2.41. The number of aliphatic carboxylic acids is 1. The number of nitrogens with zero attached hydrogens (tertiary/aromatic N) is 4. The molecule has 0 spiro atoms. The predicted octanol–water partition coefficient (Wildman–Crippen LogP) is 9.52. The molecule has 52 heavy (non-hydrogen) atoms. The first kappa shape index (κ1) is 38.7. The number of carboxylic acid groups (broad SMARTS) is 1. The number of hydrogen-bond acceptors (Lipinski definition) is 7. The molecular weight excluding hydrogens is 694 g/mol. The van der Waals surface area contributed by atoms with Gasteiger partial charge in [0.05, 0.1) is 48.5 Å². The van der Waals surface area contributed by atoms with Crippen LogP contribution < -0.4 is 14.5 Å². The van der Waals surface area contributed by atoms with E-state index in [1.54, 1.807) is 15.9 Å². The molecule has 9 nitrogen and oxygen atoms in total. The molecule has 15 heteroatoms. The summed E-state index contributed by atoms with van der Waals surface area (Å²) in [5.41, 5.74) is -1.20. The summed E-state index contributed by atoms with van der Waals surface area (Å²) in [7, 11) is 0. The number of rotatable bonds is 12. The van der Waals surface area contributed by atoms with Gasteiger partial charge in [-0.3, -0.25) is 9.69 Å². The molecule has 2 aromatic carbocycles. The topological polar surface area (TPSA) is 105 Å². The molecule has 2 heterocycles. The van der Waals surface area contributed by atoms with E-state index < -0.39 is 54.2 Å². The number of alkyl halides is 6. The molecule has 1 saturated carbocycles. The van der Waals surface area contributed by atoms with E-state index in [1.807, 2.05) is 26.0 Å². The zero-order chi connectivity index (χ0) is 37.6. The molecule has 1 aliphatic heterocycles. The second-order valence-corrected chi connectivity index (χ2v) is 13.4. The zero-order valence-corrected chi connectivity index (χ0v) is 29.0. The van der Waals surface area contributed by atoms with E-state index >= 15 is 0 Å². The van der Waals surface area contributed by atoms with Crippen LogP contribution in [0.15, 0.2) is 48.8 Å². The van der Waals surface area contributed by atoms with Crippen LogP contribution >= 0.6 is 0 Å². The molecular formula is C37H42F6N4O5. The molecule has 1 aliphatic carbocycles. The fraction of sp³-hybridized carbons (Fsp3) is 0.514. The number of aryl methyl sites for hydroxylation is 1. The number of aromatic nitrogens is 2. The highest BCUT2D eigenvalue weighted by Crippen LogP contribution is 2.45. The number of amides is 1. The van der Waals surface area contributed by atoms with E-state index in [0.29, 0.717) is 29.8 Å². The molecule has 5 rings (SSSR count). The molecule has 1 aromatic heterocycles. The lowest BCUT2D eigenvalue weighted by atomic mass is 9.87. The van der Waals surface area contributed by atoms with Crippen LogP contribution in [-0.4, -0.2) is 46.4 Å². The van der Waals surface area contributed by atoms with Gasteiger partial charge in [0.1, 0.15) is 0 Å². The minimum absolute atomic E-state index is 0.00416. The van der Waals surface area contributed by atoms with Gasteiger partial charge in [0.25, 0.3) is 0 Å². The Morgan fingerprint density at radius 3 is 2.21 bits per heavy atom. The van der Waals surface area contributed by atoms with Crippen molar-refractivity contribution in [2.24, 2.45) is 5.92 Å². The van der Waals surface area contributed by atoms with Crippen LogP contribution in [0.1, 0.15) is 98.6 Å². The number of anilines is 2. The van der Waals surface area contributed by atoms with E-state index in [4.69, 9.17) is 14.6 Å². The third-order valence-electron chi connectivity index (χ3n) is 9.55. The van der Waals surface area contributed by atoms with E-state index in [9.17, 15) is 35.9 Å². The second-order valence-electron chi connectivity index (χ2n) is 13.4. The summed E-state index contributed by atoms with van der Waals surface area (Å²) in [5, 5.41) is 8.89. The quantitative estimate of drug-likeness (QED) is 0.145. The highest BCUT2D eigenvalue weighted by molar-refractivity contribution is 5.90. The fourth-order valence-electron chi connectivity index (χ4n) is 6.92. The van der Waals surface area contributed by atoms with Gasteiger partial charge in [0, 0.05) is 19.0 Å². The average molecular weight is 737 g/mol. The monoisotopic (exact) mass is 736 g/mol. The lowest BCUT2D eigenvalue weighted by molar-refractivity contribution is -0.143. The van der Waals surface area contributed by atoms with Crippen LogP contribution in [0.4, 0.5) is 42.8 Å². The normalized spacial score (nSPS) is 18.1. The lowest BCUT2D eigenvalue weighted by Gasteiger charge is -2.44. The third-order valence-corrected chi connectivity index (χ3v) is 9.55. The Bertz CT molecular complexity index is 1660. The number of fused-ring (bicyclic) bond motifs is 1. The summed E-state index contributed by atoms with van der Waals surface area (Å²) < 4.78 is 94.8. The van der Waals surface area contributed by atoms with Gasteiger partial charge in [-0.2, -0.15) is 26.3 Å². The number of hydrogen-bond donors (Lipinski definition) is 1. The largest absolute Gasteiger partial charge is 0.490 e. The molecule has 1 amide bonds. The van der Waals surface area contributed by atoms with E-state index in [2.05, 4.69) is 9.97 Å². The van der Waals surface area contributed by atoms with Crippen molar-refractivity contribution < 1.29 is 50.5 Å². The van der Waals surface area contributed by atoms with Crippen molar-refractivity contribution in [2.45, 2.75) is 103 Å². The van der Waals surface area contributed by atoms with E-state index in [-0.39, 0.29) is 61.7 Å². The maximum absolute atomic E-state index is 13.9. The predicted molar refractivity (Wildman–Crippen MR) is 180 cm³/mol. The SMILES string of the molecule is CC[C@@H]1C[C@H](N(Cc2cc(C(F)(F)F)cc(C(F)(F)F)c2)c2ncc(OCCCC(=O)O)cn2)c2cc(C)ccc2N1C(=O)OCC1CCCCC1. The second kappa shape index (κ2) is 16.4. The van der Waals surface area contributed by atoms with Crippen molar-refractivity contribution in [1.82, 2.24) is 9.97 Å². The summed E-state index contributed by atoms with van der Waals surface area (Å²) in [6, 6.07) is 5.79. The van der Waals surface area contributed by atoms with Crippen LogP contribution in [0, 0.1) is 12.8 Å². The van der Waals surface area contributed by atoms with Gasteiger partial charge in [0.2, 0.25) is 5.95 Å². The minimum atomic E-state index is -5.04. The Labute approximate surface area is 297 Å². The van der Waals surface area contributed by atoms with Crippen LogP contribution in [0.3, 0.4) is 0 Å². The van der Waals surface area contributed by atoms with Gasteiger partial charge in [-0.05, 0) is 80.3 Å². The Morgan fingerprint density at radius 1 is 0.962 bits per heavy atom. The summed E-state index contributed by atoms with van der Waals surface area (Å²) >= 11 is 0. The van der Waals surface area contributed by atoms with Gasteiger partial charge in [-0.15, -0.1) is 0 Å². The molecule has 2 aliphatic rings. The summed E-state index contributed by atoms with van der Waals surface area (Å²) in [4.78, 5) is 36.6. The van der Waals surface area contributed by atoms with Crippen LogP contribution in [0.5, 0.6) is 5.75 Å². The Hall–Kier alpha value is -4.56. The number of carbonyl (C=O) groups excluding carboxylic acids is 1. The summed E-state index contributed by atoms with van der Waals surface area (Å²) in [6.07, 6.45) is -1.87. The Morgan fingerprint density at radius 2 is 1.62 bits per heavy atom. The molecule has 0 unspecified atom stereocenters. The van der Waals surface area contributed by atoms with Crippen molar-refractivity contribution >= 4 is 23.7 Å². The van der Waals surface area contributed by atoms with Crippen LogP contribution in [0.2, 0.25) is 0 Å². The van der Waals surface area contributed by atoms with Gasteiger partial charge < -0.3 is 19.5 Å². The highest BCUT2D eigenvalue weighted by atomic mass is 19.4. The zero-order valence-electron chi connectivity index (χ0n) is 29.0. The molecule has 0 bridgehead atoms.